The van der Waals surface area contributed by atoms with Gasteiger partial charge in [0.1, 0.15) is 48.7 Å². The van der Waals surface area contributed by atoms with Gasteiger partial charge in [0.05, 0.1) is 179 Å². The van der Waals surface area contributed by atoms with Gasteiger partial charge in [0, 0.05) is 121 Å². The second-order valence-corrected chi connectivity index (χ2v) is 33.8. The number of methoxy groups -OCH3 is 1. The van der Waals surface area contributed by atoms with E-state index in [1.165, 1.54) is 12.2 Å². The third-order valence-electron chi connectivity index (χ3n) is 24.6. The molecule has 1 aromatic carbocycles. The van der Waals surface area contributed by atoms with Crippen molar-refractivity contribution in [3.8, 4) is 0 Å². The van der Waals surface area contributed by atoms with Gasteiger partial charge >= 0.3 is 12.0 Å². The first-order valence-corrected chi connectivity index (χ1v) is 43.9. The van der Waals surface area contributed by atoms with Crippen molar-refractivity contribution in [2.75, 3.05) is 132 Å². The van der Waals surface area contributed by atoms with Crippen LogP contribution in [0.25, 0.3) is 0 Å². The number of fused-ring (bicyclic) bond motifs is 6. The topological polar surface area (TPSA) is 405 Å². The molecule has 6 amide bonds. The van der Waals surface area contributed by atoms with Crippen molar-refractivity contribution in [1.82, 2.24) is 20.9 Å². The van der Waals surface area contributed by atoms with Crippen LogP contribution in [0.4, 0.5) is 4.79 Å². The highest BCUT2D eigenvalue weighted by molar-refractivity contribution is 6.13. The first kappa shape index (κ1) is 95.2. The van der Waals surface area contributed by atoms with E-state index >= 15 is 0 Å². The van der Waals surface area contributed by atoms with Crippen LogP contribution in [0.15, 0.2) is 60.7 Å². The van der Waals surface area contributed by atoms with Crippen molar-refractivity contribution in [3.05, 3.63) is 71.8 Å². The minimum atomic E-state index is -0.989. The molecule has 0 aromatic heterocycles. The number of hydrogen-bond donors (Lipinski definition) is 5. The van der Waals surface area contributed by atoms with Crippen LogP contribution in [0.3, 0.4) is 0 Å². The molecule has 10 fully saturated rings. The van der Waals surface area contributed by atoms with Crippen LogP contribution in [-0.2, 0) is 137 Å². The summed E-state index contributed by atoms with van der Waals surface area (Å²) in [5, 5.41) is 19.8. The molecule has 0 saturated carbocycles. The third kappa shape index (κ3) is 28.8. The first-order valence-electron chi connectivity index (χ1n) is 43.9. The minimum absolute atomic E-state index is 0.00836. The molecule has 0 aliphatic carbocycles. The number of carbonyl (C=O) groups is 9. The molecular formula is C88H131N5O28. The fourth-order valence-electron chi connectivity index (χ4n) is 18.0. The monoisotopic (exact) mass is 1710 g/mol. The van der Waals surface area contributed by atoms with Gasteiger partial charge in [0.25, 0.3) is 11.8 Å². The van der Waals surface area contributed by atoms with E-state index in [1.54, 1.807) is 31.4 Å². The Morgan fingerprint density at radius 1 is 0.612 bits per heavy atom. The summed E-state index contributed by atoms with van der Waals surface area (Å²) in [7, 11) is 1.60. The summed E-state index contributed by atoms with van der Waals surface area (Å²) in [6.45, 7) is 20.8. The standard InChI is InChI=1S/C88H131N5O28/c1-54(2)66(48-61(95)23-28-105-30-32-107-34-36-109-38-40-111-42-43-112-41-39-110-37-35-108-33-31-106-29-26-90-76(98)22-27-93-77(99)18-19-78(93)100)86(102)92-68(8-7-25-91-87(89)103)69(97)46-58-9-11-59(12-10-58)53-113-79(101)20-13-60(94)50-74-80(104-6)67-49-62(96)47-64-15-17-71-81(116-64)85-84-83(118-71)82-75(119-84)52-88(120-82,121-85)24-21-65-45-56(4)70(114-65)16-14-63-44-55(3)57(5)72(115-63)51-73(67)117-74/h9-12,18-19,54-55,60,63-68,70-75,80-85,94H,4-5,7-8,13-17,20-53H2,1-3,6H3,(H,90,98)(H,92,102)(H3,89,91,103)/t55-,60-,63?,64-,65+,66+,67?,68+,70+,71+,72-,73+,74-,75?,80-,81+,82+,83+,84-,85+,88+/m1/s1. The Morgan fingerprint density at radius 2 is 1.21 bits per heavy atom. The number of rotatable bonds is 50. The maximum absolute atomic E-state index is 14.6. The molecule has 33 heteroatoms. The zero-order chi connectivity index (χ0) is 85.8. The van der Waals surface area contributed by atoms with Crippen LogP contribution in [0, 0.1) is 23.7 Å². The summed E-state index contributed by atoms with van der Waals surface area (Å²) in [6, 6.07) is 5.32. The Hall–Kier alpha value is -6.45. The molecule has 11 heterocycles. The number of aliphatic hydroxyl groups excluding tert-OH is 1. The number of nitrogens with zero attached hydrogens (tertiary/aromatic N) is 1. The van der Waals surface area contributed by atoms with E-state index in [-0.39, 0.29) is 200 Å². The maximum Gasteiger partial charge on any atom is 0.312 e. The van der Waals surface area contributed by atoms with E-state index in [1.807, 2.05) is 13.8 Å². The van der Waals surface area contributed by atoms with Crippen molar-refractivity contribution >= 4 is 53.0 Å². The van der Waals surface area contributed by atoms with E-state index in [9.17, 15) is 48.3 Å². The molecule has 1 aromatic rings. The van der Waals surface area contributed by atoms with Gasteiger partial charge in [-0.2, -0.15) is 0 Å². The Balaban J connectivity index is 0.544. The molecule has 10 saturated heterocycles. The lowest BCUT2D eigenvalue weighted by molar-refractivity contribution is -0.292. The molecule has 12 bridgehead atoms. The number of Topliss-reactive ketones (excluding diaryl/α,β-unsaturated/α-hetero) is 3. The number of aliphatic hydroxyl groups is 1. The summed E-state index contributed by atoms with van der Waals surface area (Å²) < 4.78 is 111. The van der Waals surface area contributed by atoms with E-state index < -0.39 is 90.0 Å². The zero-order valence-corrected chi connectivity index (χ0v) is 71.0. The number of primary amides is 1. The van der Waals surface area contributed by atoms with Gasteiger partial charge in [-0.25, -0.2) is 4.79 Å². The first-order chi connectivity index (χ1) is 58.5. The Kier molecular flexibility index (Phi) is 38.0. The molecule has 3 unspecified atom stereocenters. The molecule has 12 rings (SSSR count). The molecular weight excluding hydrogens is 1570 g/mol. The van der Waals surface area contributed by atoms with Crippen molar-refractivity contribution in [1.29, 1.82) is 0 Å². The second-order valence-electron chi connectivity index (χ2n) is 33.8. The summed E-state index contributed by atoms with van der Waals surface area (Å²) in [5.41, 5.74) is 8.67. The fourth-order valence-corrected chi connectivity index (χ4v) is 18.0. The van der Waals surface area contributed by atoms with Crippen molar-refractivity contribution in [3.63, 3.8) is 0 Å². The van der Waals surface area contributed by atoms with E-state index in [0.29, 0.717) is 142 Å². The van der Waals surface area contributed by atoms with Crippen LogP contribution in [0.1, 0.15) is 160 Å². The normalized spacial score (nSPS) is 30.1. The van der Waals surface area contributed by atoms with Gasteiger partial charge in [-0.05, 0) is 98.3 Å². The van der Waals surface area contributed by atoms with Gasteiger partial charge in [0.2, 0.25) is 11.8 Å². The Morgan fingerprint density at radius 3 is 1.87 bits per heavy atom. The average molecular weight is 1710 g/mol. The molecule has 33 nitrogen and oxygen atoms in total. The van der Waals surface area contributed by atoms with Gasteiger partial charge in [-0.15, -0.1) is 0 Å². The SMILES string of the molecule is C=C1C[C@@H]2CC[C@@]34CC5O[C@H]6[C@@H](O3)[C@H]3O[C@H](CC[C@@H]3O[C@H]6[C@H]5O4)CC(=O)CC3[C@H](C[C@H]4OC(CC[C@@H]1O2)C[C@@H](C)C4=C)O[C@H](C[C@H](O)CCC(=O)OCc1ccc(CC(=O)[C@H](CCCNC(N)=O)NC(=O)[C@@H](CC(=O)CCOCCOCCOCCOCCOCCOCCOCCOCCNC(=O)CCN2C(=O)C=CC2=O)C(C)C)cc1)[C@@H]3OC. The van der Waals surface area contributed by atoms with Crippen molar-refractivity contribution < 1.29 is 134 Å². The number of carbonyl (C=O) groups excluding carboxylic acids is 9. The summed E-state index contributed by atoms with van der Waals surface area (Å²) in [6.07, 6.45) is 4.50. The highest BCUT2D eigenvalue weighted by Crippen LogP contribution is 2.55. The Labute approximate surface area is 709 Å². The predicted molar refractivity (Wildman–Crippen MR) is 433 cm³/mol. The van der Waals surface area contributed by atoms with Crippen molar-refractivity contribution in [2.24, 2.45) is 29.4 Å². The van der Waals surface area contributed by atoms with Crippen LogP contribution in [0.5, 0.6) is 0 Å². The quantitative estimate of drug-likeness (QED) is 0.0241. The molecule has 11 aliphatic heterocycles. The number of benzene rings is 1. The zero-order valence-electron chi connectivity index (χ0n) is 71.0. The number of hydrogen-bond acceptors (Lipinski definition) is 28. The third-order valence-corrected chi connectivity index (χ3v) is 24.6. The predicted octanol–water partition coefficient (Wildman–Crippen LogP) is 5.23. The number of ether oxygens (including phenoxy) is 18. The average Bonchev–Trinajstić information content (AvgIpc) is 1.55. The lowest BCUT2D eigenvalue weighted by atomic mass is 9.81. The molecule has 21 atom stereocenters. The number of ketones is 3. The highest BCUT2D eigenvalue weighted by Gasteiger charge is 2.69. The largest absolute Gasteiger partial charge is 0.461 e. The molecule has 11 aliphatic rings. The van der Waals surface area contributed by atoms with E-state index in [4.69, 9.17) is 91.0 Å². The molecule has 1 spiro atoms. The van der Waals surface area contributed by atoms with Gasteiger partial charge in [0.15, 0.2) is 11.6 Å². The lowest BCUT2D eigenvalue weighted by Gasteiger charge is -2.47. The smallest absolute Gasteiger partial charge is 0.312 e. The number of nitrogens with two attached hydrogens (primary N) is 1. The van der Waals surface area contributed by atoms with E-state index in [0.717, 1.165) is 48.2 Å². The van der Waals surface area contributed by atoms with Crippen molar-refractivity contribution in [2.45, 2.75) is 272 Å². The molecule has 121 heavy (non-hydrogen) atoms. The summed E-state index contributed by atoms with van der Waals surface area (Å²) in [5.74, 6) is -4.61. The fraction of sp³-hybridized carbons (Fsp3) is 0.761. The van der Waals surface area contributed by atoms with Crippen LogP contribution in [0.2, 0.25) is 0 Å². The number of amides is 6. The lowest BCUT2D eigenvalue weighted by Crippen LogP contribution is -2.61. The highest BCUT2D eigenvalue weighted by atomic mass is 16.8. The summed E-state index contributed by atoms with van der Waals surface area (Å²) >= 11 is 0. The van der Waals surface area contributed by atoms with Crippen LogP contribution >= 0.6 is 0 Å². The second kappa shape index (κ2) is 48.3. The van der Waals surface area contributed by atoms with Crippen LogP contribution < -0.4 is 21.7 Å². The Bertz CT molecular complexity index is 3570. The van der Waals surface area contributed by atoms with Gasteiger partial charge < -0.3 is 112 Å². The molecule has 0 radical (unpaired) electrons. The van der Waals surface area contributed by atoms with Gasteiger partial charge in [-0.3, -0.25) is 43.3 Å². The number of urea groups is 1. The van der Waals surface area contributed by atoms with Crippen LogP contribution in [-0.4, -0.2) is 305 Å². The number of imide groups is 1. The van der Waals surface area contributed by atoms with Gasteiger partial charge in [-0.1, -0.05) is 58.2 Å². The molecule has 6 N–H and O–H groups in total. The maximum atomic E-state index is 14.6. The number of nitrogens with one attached hydrogen (secondary N) is 3. The minimum Gasteiger partial charge on any atom is -0.461 e. The summed E-state index contributed by atoms with van der Waals surface area (Å²) in [4.78, 5) is 117. The molecule has 676 valence electrons. The van der Waals surface area contributed by atoms with E-state index in [2.05, 4.69) is 36.0 Å². The number of esters is 1.